The third-order valence-corrected chi connectivity index (χ3v) is 2.58. The highest BCUT2D eigenvalue weighted by Gasteiger charge is 2.12. The zero-order chi connectivity index (χ0) is 11.8. The Morgan fingerprint density at radius 1 is 1.31 bits per heavy atom. The summed E-state index contributed by atoms with van der Waals surface area (Å²) in [6.07, 6.45) is 5.29. The summed E-state index contributed by atoms with van der Waals surface area (Å²) in [5, 5.41) is 10.1. The fourth-order valence-electron chi connectivity index (χ4n) is 1.85. The number of hydrogen-bond acceptors (Lipinski definition) is 3. The Morgan fingerprint density at radius 3 is 2.50 bits per heavy atom. The molecular formula is C13H22N2O. The third-order valence-electron chi connectivity index (χ3n) is 2.58. The Hall–Kier alpha value is -0.930. The molecule has 1 N–H and O–H groups in total. The predicted molar refractivity (Wildman–Crippen MR) is 66.2 cm³/mol. The van der Waals surface area contributed by atoms with Crippen LogP contribution < -0.4 is 0 Å². The Balaban J connectivity index is 2.50. The largest absolute Gasteiger partial charge is 0.387 e. The standard InChI is InChI=1S/C13H22N2O/c1-3-8-15(9-4-2)11-13(16)12-6-5-7-14-10-12/h5-7,10,13,16H,3-4,8-9,11H2,1-2H3. The SMILES string of the molecule is CCCN(CCC)CC(O)c1cccnc1. The molecule has 1 atom stereocenters. The highest BCUT2D eigenvalue weighted by atomic mass is 16.3. The number of aliphatic hydroxyl groups is 1. The summed E-state index contributed by atoms with van der Waals surface area (Å²) in [4.78, 5) is 6.33. The van der Waals surface area contributed by atoms with E-state index in [0.717, 1.165) is 31.5 Å². The summed E-state index contributed by atoms with van der Waals surface area (Å²) in [6.45, 7) is 7.13. The number of pyridine rings is 1. The van der Waals surface area contributed by atoms with Gasteiger partial charge in [0.2, 0.25) is 0 Å². The van der Waals surface area contributed by atoms with Crippen LogP contribution in [0.5, 0.6) is 0 Å². The first-order valence-corrected chi connectivity index (χ1v) is 6.08. The molecule has 0 spiro atoms. The van der Waals surface area contributed by atoms with Gasteiger partial charge in [0.1, 0.15) is 0 Å². The molecule has 0 aromatic carbocycles. The summed E-state index contributed by atoms with van der Waals surface area (Å²) in [6, 6.07) is 3.79. The van der Waals surface area contributed by atoms with Crippen molar-refractivity contribution < 1.29 is 5.11 Å². The Morgan fingerprint density at radius 2 is 2.00 bits per heavy atom. The van der Waals surface area contributed by atoms with Gasteiger partial charge in [0.25, 0.3) is 0 Å². The number of hydrogen-bond donors (Lipinski definition) is 1. The maximum absolute atomic E-state index is 10.1. The van der Waals surface area contributed by atoms with Gasteiger partial charge in [-0.3, -0.25) is 4.98 Å². The summed E-state index contributed by atoms with van der Waals surface area (Å²) < 4.78 is 0. The van der Waals surface area contributed by atoms with Gasteiger partial charge in [0.15, 0.2) is 0 Å². The van der Waals surface area contributed by atoms with Crippen molar-refractivity contribution in [1.82, 2.24) is 9.88 Å². The van der Waals surface area contributed by atoms with Gasteiger partial charge in [-0.25, -0.2) is 0 Å². The highest BCUT2D eigenvalue weighted by Crippen LogP contribution is 2.12. The molecule has 0 radical (unpaired) electrons. The normalized spacial score (nSPS) is 13.0. The Kier molecular flexibility index (Phi) is 6.04. The van der Waals surface area contributed by atoms with Gasteiger partial charge < -0.3 is 10.0 Å². The molecule has 0 fully saturated rings. The van der Waals surface area contributed by atoms with E-state index in [1.54, 1.807) is 12.4 Å². The minimum atomic E-state index is -0.424. The molecule has 0 amide bonds. The van der Waals surface area contributed by atoms with E-state index in [1.807, 2.05) is 12.1 Å². The monoisotopic (exact) mass is 222 g/mol. The molecule has 1 aromatic rings. The quantitative estimate of drug-likeness (QED) is 0.768. The van der Waals surface area contributed by atoms with Crippen molar-refractivity contribution >= 4 is 0 Å². The first-order valence-electron chi connectivity index (χ1n) is 6.08. The molecule has 0 aliphatic rings. The third kappa shape index (κ3) is 4.29. The van der Waals surface area contributed by atoms with E-state index in [9.17, 15) is 5.11 Å². The van der Waals surface area contributed by atoms with Gasteiger partial charge in [0.05, 0.1) is 6.10 Å². The maximum atomic E-state index is 10.1. The molecule has 1 aromatic heterocycles. The molecule has 1 unspecified atom stereocenters. The van der Waals surface area contributed by atoms with Crippen molar-refractivity contribution in [3.05, 3.63) is 30.1 Å². The number of aromatic nitrogens is 1. The van der Waals surface area contributed by atoms with Crippen LogP contribution in [0.25, 0.3) is 0 Å². The second kappa shape index (κ2) is 7.36. The minimum absolute atomic E-state index is 0.424. The summed E-state index contributed by atoms with van der Waals surface area (Å²) in [5.74, 6) is 0. The average Bonchev–Trinajstić information content (AvgIpc) is 2.31. The van der Waals surface area contributed by atoms with Gasteiger partial charge >= 0.3 is 0 Å². The smallest absolute Gasteiger partial charge is 0.0931 e. The van der Waals surface area contributed by atoms with Crippen molar-refractivity contribution in [2.45, 2.75) is 32.8 Å². The number of aliphatic hydroxyl groups excluding tert-OH is 1. The van der Waals surface area contributed by atoms with Crippen molar-refractivity contribution in [1.29, 1.82) is 0 Å². The summed E-state index contributed by atoms with van der Waals surface area (Å²) in [7, 11) is 0. The Bertz CT molecular complexity index is 271. The molecule has 16 heavy (non-hydrogen) atoms. The number of rotatable bonds is 7. The second-order valence-corrected chi connectivity index (χ2v) is 4.10. The first kappa shape index (κ1) is 13.1. The molecule has 0 bridgehead atoms. The van der Waals surface area contributed by atoms with Crippen LogP contribution in [0.2, 0.25) is 0 Å². The van der Waals surface area contributed by atoms with Crippen LogP contribution in [-0.2, 0) is 0 Å². The second-order valence-electron chi connectivity index (χ2n) is 4.10. The van der Waals surface area contributed by atoms with Crippen molar-refractivity contribution in [3.63, 3.8) is 0 Å². The van der Waals surface area contributed by atoms with Crippen LogP contribution >= 0.6 is 0 Å². The number of nitrogens with zero attached hydrogens (tertiary/aromatic N) is 2. The summed E-state index contributed by atoms with van der Waals surface area (Å²) >= 11 is 0. The van der Waals surface area contributed by atoms with Crippen LogP contribution in [0.1, 0.15) is 38.4 Å². The van der Waals surface area contributed by atoms with Crippen LogP contribution in [0.3, 0.4) is 0 Å². The lowest BCUT2D eigenvalue weighted by atomic mass is 10.1. The fourth-order valence-corrected chi connectivity index (χ4v) is 1.85. The van der Waals surface area contributed by atoms with E-state index in [2.05, 4.69) is 23.7 Å². The molecule has 1 rings (SSSR count). The average molecular weight is 222 g/mol. The molecule has 3 nitrogen and oxygen atoms in total. The molecule has 0 saturated heterocycles. The predicted octanol–water partition coefficient (Wildman–Crippen LogP) is 2.24. The van der Waals surface area contributed by atoms with E-state index in [1.165, 1.54) is 0 Å². The van der Waals surface area contributed by atoms with Crippen molar-refractivity contribution in [2.75, 3.05) is 19.6 Å². The first-order chi connectivity index (χ1) is 7.77. The van der Waals surface area contributed by atoms with Crippen molar-refractivity contribution in [2.24, 2.45) is 0 Å². The van der Waals surface area contributed by atoms with Gasteiger partial charge in [-0.05, 0) is 32.0 Å². The topological polar surface area (TPSA) is 36.4 Å². The van der Waals surface area contributed by atoms with E-state index >= 15 is 0 Å². The van der Waals surface area contributed by atoms with E-state index in [0.29, 0.717) is 6.54 Å². The molecular weight excluding hydrogens is 200 g/mol. The van der Waals surface area contributed by atoms with E-state index in [-0.39, 0.29) is 0 Å². The van der Waals surface area contributed by atoms with E-state index in [4.69, 9.17) is 0 Å². The summed E-state index contributed by atoms with van der Waals surface area (Å²) in [5.41, 5.74) is 0.903. The lowest BCUT2D eigenvalue weighted by Crippen LogP contribution is -2.30. The van der Waals surface area contributed by atoms with Crippen LogP contribution in [0.4, 0.5) is 0 Å². The zero-order valence-electron chi connectivity index (χ0n) is 10.3. The van der Waals surface area contributed by atoms with Crippen molar-refractivity contribution in [3.8, 4) is 0 Å². The van der Waals surface area contributed by atoms with Crippen LogP contribution in [0, 0.1) is 0 Å². The molecule has 0 aliphatic heterocycles. The minimum Gasteiger partial charge on any atom is -0.387 e. The van der Waals surface area contributed by atoms with Gasteiger partial charge in [-0.1, -0.05) is 19.9 Å². The highest BCUT2D eigenvalue weighted by molar-refractivity contribution is 5.12. The molecule has 90 valence electrons. The lowest BCUT2D eigenvalue weighted by Gasteiger charge is -2.24. The van der Waals surface area contributed by atoms with E-state index < -0.39 is 6.10 Å². The fraction of sp³-hybridized carbons (Fsp3) is 0.615. The molecule has 1 heterocycles. The molecule has 0 aliphatic carbocycles. The molecule has 0 saturated carbocycles. The van der Waals surface area contributed by atoms with Gasteiger partial charge in [-0.15, -0.1) is 0 Å². The van der Waals surface area contributed by atoms with Crippen LogP contribution in [-0.4, -0.2) is 34.6 Å². The maximum Gasteiger partial charge on any atom is 0.0931 e. The lowest BCUT2D eigenvalue weighted by molar-refractivity contribution is 0.112. The van der Waals surface area contributed by atoms with Gasteiger partial charge in [0, 0.05) is 24.5 Å². The zero-order valence-corrected chi connectivity index (χ0v) is 10.3. The Labute approximate surface area is 98.1 Å². The molecule has 3 heteroatoms. The van der Waals surface area contributed by atoms with Crippen LogP contribution in [0.15, 0.2) is 24.5 Å². The van der Waals surface area contributed by atoms with Gasteiger partial charge in [-0.2, -0.15) is 0 Å².